The van der Waals surface area contributed by atoms with Crippen LogP contribution in [0.5, 0.6) is 5.75 Å². The Balaban J connectivity index is 2.75. The average Bonchev–Trinajstić information content (AvgIpc) is 2.14. The van der Waals surface area contributed by atoms with Crippen LogP contribution in [0, 0.1) is 0 Å². The summed E-state index contributed by atoms with van der Waals surface area (Å²) >= 11 is 0. The summed E-state index contributed by atoms with van der Waals surface area (Å²) in [5.74, 6) is 0.791. The monoisotopic (exact) mass is 208 g/mol. The van der Waals surface area contributed by atoms with E-state index in [1.54, 1.807) is 6.20 Å². The average molecular weight is 208 g/mol. The van der Waals surface area contributed by atoms with Gasteiger partial charge >= 0.3 is 0 Å². The first-order valence-electron chi connectivity index (χ1n) is 5.23. The molecule has 1 atom stereocenters. The molecule has 0 unspecified atom stereocenters. The number of nitrogens with zero attached hydrogens (tertiary/aromatic N) is 1. The van der Waals surface area contributed by atoms with Crippen LogP contribution in [0.25, 0.3) is 0 Å². The van der Waals surface area contributed by atoms with Gasteiger partial charge in [-0.15, -0.1) is 0 Å². The number of hydrogen-bond acceptors (Lipinski definition) is 3. The number of rotatable bonds is 3. The molecule has 1 aromatic heterocycles. The molecule has 0 aromatic carbocycles. The number of nitrogens with two attached hydrogens (primary N) is 1. The van der Waals surface area contributed by atoms with Gasteiger partial charge < -0.3 is 10.5 Å². The second kappa shape index (κ2) is 4.62. The molecule has 0 aliphatic heterocycles. The molecule has 84 valence electrons. The van der Waals surface area contributed by atoms with Gasteiger partial charge in [-0.25, -0.2) is 0 Å². The van der Waals surface area contributed by atoms with E-state index in [1.807, 2.05) is 19.2 Å². The largest absolute Gasteiger partial charge is 0.490 e. The number of hydrogen-bond donors (Lipinski definition) is 1. The minimum Gasteiger partial charge on any atom is -0.490 e. The van der Waals surface area contributed by atoms with Crippen LogP contribution in [0.1, 0.15) is 33.3 Å². The van der Waals surface area contributed by atoms with Gasteiger partial charge in [0.05, 0.1) is 6.20 Å². The van der Waals surface area contributed by atoms with E-state index in [0.29, 0.717) is 6.61 Å². The van der Waals surface area contributed by atoms with Gasteiger partial charge in [0.2, 0.25) is 0 Å². The number of ether oxygens (including phenoxy) is 1. The Kier molecular flexibility index (Phi) is 3.69. The predicted molar refractivity (Wildman–Crippen MR) is 62.1 cm³/mol. The van der Waals surface area contributed by atoms with Crippen LogP contribution >= 0.6 is 0 Å². The van der Waals surface area contributed by atoms with Crippen LogP contribution in [0.3, 0.4) is 0 Å². The topological polar surface area (TPSA) is 48.1 Å². The Morgan fingerprint density at radius 3 is 2.60 bits per heavy atom. The highest BCUT2D eigenvalue weighted by molar-refractivity contribution is 5.28. The van der Waals surface area contributed by atoms with Crippen molar-refractivity contribution in [2.24, 2.45) is 5.73 Å². The highest BCUT2D eigenvalue weighted by Crippen LogP contribution is 2.24. The first-order valence-corrected chi connectivity index (χ1v) is 5.23. The van der Waals surface area contributed by atoms with E-state index in [9.17, 15) is 0 Å². The highest BCUT2D eigenvalue weighted by atomic mass is 16.5. The summed E-state index contributed by atoms with van der Waals surface area (Å²) in [6, 6.07) is 2.07. The Labute approximate surface area is 91.7 Å². The molecule has 1 heterocycles. The van der Waals surface area contributed by atoms with Crippen molar-refractivity contribution in [2.75, 3.05) is 6.61 Å². The molecule has 3 heteroatoms. The quantitative estimate of drug-likeness (QED) is 0.827. The Bertz CT molecular complexity index is 316. The molecule has 1 rings (SSSR count). The molecule has 2 N–H and O–H groups in total. The molecule has 0 amide bonds. The highest BCUT2D eigenvalue weighted by Gasteiger charge is 2.14. The zero-order valence-corrected chi connectivity index (χ0v) is 9.95. The van der Waals surface area contributed by atoms with E-state index in [2.05, 4.69) is 25.8 Å². The molecular weight excluding hydrogens is 188 g/mol. The zero-order chi connectivity index (χ0) is 11.5. The molecule has 1 aromatic rings. The summed E-state index contributed by atoms with van der Waals surface area (Å²) in [5, 5.41) is 0. The molecule has 0 saturated carbocycles. The van der Waals surface area contributed by atoms with Gasteiger partial charge in [0.1, 0.15) is 12.4 Å². The molecule has 0 bridgehead atoms. The maximum absolute atomic E-state index is 5.62. The van der Waals surface area contributed by atoms with Crippen LogP contribution in [0.4, 0.5) is 0 Å². The molecule has 0 spiro atoms. The van der Waals surface area contributed by atoms with Gasteiger partial charge in [-0.05, 0) is 24.0 Å². The fraction of sp³-hybridized carbons (Fsp3) is 0.583. The van der Waals surface area contributed by atoms with Crippen LogP contribution in [0.2, 0.25) is 0 Å². The summed E-state index contributed by atoms with van der Waals surface area (Å²) in [6.07, 6.45) is 3.59. The van der Waals surface area contributed by atoms with E-state index in [0.717, 1.165) is 5.75 Å². The van der Waals surface area contributed by atoms with Crippen molar-refractivity contribution >= 4 is 0 Å². The van der Waals surface area contributed by atoms with Crippen molar-refractivity contribution in [2.45, 2.75) is 39.2 Å². The predicted octanol–water partition coefficient (Wildman–Crippen LogP) is 2.11. The molecule has 0 radical (unpaired) electrons. The lowest BCUT2D eigenvalue weighted by Crippen LogP contribution is -2.23. The lowest BCUT2D eigenvalue weighted by molar-refractivity contribution is 0.294. The normalized spacial score (nSPS) is 13.7. The first kappa shape index (κ1) is 12.0. The van der Waals surface area contributed by atoms with Gasteiger partial charge in [0.15, 0.2) is 0 Å². The lowest BCUT2D eigenvalue weighted by atomic mass is 9.88. The van der Waals surface area contributed by atoms with Crippen LogP contribution < -0.4 is 10.5 Å². The van der Waals surface area contributed by atoms with Crippen LogP contribution in [-0.4, -0.2) is 17.6 Å². The van der Waals surface area contributed by atoms with Gasteiger partial charge in [0, 0.05) is 12.2 Å². The Morgan fingerprint density at radius 2 is 2.07 bits per heavy atom. The van der Waals surface area contributed by atoms with E-state index in [4.69, 9.17) is 10.5 Å². The first-order chi connectivity index (χ1) is 6.89. The summed E-state index contributed by atoms with van der Waals surface area (Å²) < 4.78 is 5.52. The van der Waals surface area contributed by atoms with Gasteiger partial charge in [-0.2, -0.15) is 0 Å². The summed E-state index contributed by atoms with van der Waals surface area (Å²) in [6.45, 7) is 8.90. The van der Waals surface area contributed by atoms with Crippen molar-refractivity contribution in [3.8, 4) is 5.75 Å². The minimum atomic E-state index is 0.0447. The van der Waals surface area contributed by atoms with Crippen molar-refractivity contribution in [1.82, 2.24) is 4.98 Å². The third kappa shape index (κ3) is 3.88. The number of aromatic nitrogens is 1. The van der Waals surface area contributed by atoms with Crippen molar-refractivity contribution < 1.29 is 4.74 Å². The molecule has 0 aliphatic carbocycles. The lowest BCUT2D eigenvalue weighted by Gasteiger charge is -2.19. The third-order valence-electron chi connectivity index (χ3n) is 2.09. The molecule has 0 fully saturated rings. The maximum Gasteiger partial charge on any atom is 0.137 e. The fourth-order valence-electron chi connectivity index (χ4n) is 1.14. The standard InChI is InChI=1S/C12H20N2O/c1-9(13)8-15-11-5-10(6-14-7-11)12(2,3)4/h5-7,9H,8,13H2,1-4H3/t9-/m1/s1. The summed E-state index contributed by atoms with van der Waals surface area (Å²) in [4.78, 5) is 4.16. The van der Waals surface area contributed by atoms with Gasteiger partial charge in [-0.1, -0.05) is 20.8 Å². The second-order valence-corrected chi connectivity index (χ2v) is 4.95. The van der Waals surface area contributed by atoms with Crippen LogP contribution in [-0.2, 0) is 5.41 Å². The van der Waals surface area contributed by atoms with E-state index >= 15 is 0 Å². The van der Waals surface area contributed by atoms with Crippen LogP contribution in [0.15, 0.2) is 18.5 Å². The van der Waals surface area contributed by atoms with E-state index in [1.165, 1.54) is 5.56 Å². The smallest absolute Gasteiger partial charge is 0.137 e. The van der Waals surface area contributed by atoms with Crippen molar-refractivity contribution in [3.63, 3.8) is 0 Å². The maximum atomic E-state index is 5.62. The third-order valence-corrected chi connectivity index (χ3v) is 2.09. The summed E-state index contributed by atoms with van der Waals surface area (Å²) in [5.41, 5.74) is 6.89. The van der Waals surface area contributed by atoms with Gasteiger partial charge in [0.25, 0.3) is 0 Å². The molecular formula is C12H20N2O. The van der Waals surface area contributed by atoms with E-state index in [-0.39, 0.29) is 11.5 Å². The van der Waals surface area contributed by atoms with E-state index < -0.39 is 0 Å². The summed E-state index contributed by atoms with van der Waals surface area (Å²) in [7, 11) is 0. The molecule has 3 nitrogen and oxygen atoms in total. The zero-order valence-electron chi connectivity index (χ0n) is 9.95. The SMILES string of the molecule is C[C@@H](N)COc1cncc(C(C)(C)C)c1. The molecule has 15 heavy (non-hydrogen) atoms. The second-order valence-electron chi connectivity index (χ2n) is 4.95. The molecule has 0 saturated heterocycles. The minimum absolute atomic E-state index is 0.0447. The number of pyridine rings is 1. The Morgan fingerprint density at radius 1 is 1.40 bits per heavy atom. The fourth-order valence-corrected chi connectivity index (χ4v) is 1.14. The molecule has 0 aliphatic rings. The van der Waals surface area contributed by atoms with Crippen molar-refractivity contribution in [1.29, 1.82) is 0 Å². The Hall–Kier alpha value is -1.09. The van der Waals surface area contributed by atoms with Gasteiger partial charge in [-0.3, -0.25) is 4.98 Å². The van der Waals surface area contributed by atoms with Crippen molar-refractivity contribution in [3.05, 3.63) is 24.0 Å².